The van der Waals surface area contributed by atoms with Crippen molar-refractivity contribution in [2.24, 2.45) is 0 Å². The SMILES string of the molecule is O=C(NCCOCCOCCOCCOCCOCCOC1CCNCC1)OCC1c2ccccc2-c2ccccc21. The average molecular weight is 587 g/mol. The largest absolute Gasteiger partial charge is 0.449 e. The molecule has 0 aromatic heterocycles. The first-order chi connectivity index (χ1) is 20.8. The molecule has 0 radical (unpaired) electrons. The summed E-state index contributed by atoms with van der Waals surface area (Å²) in [5.41, 5.74) is 4.80. The second kappa shape index (κ2) is 19.6. The molecule has 4 rings (SSSR count). The number of ether oxygens (including phenoxy) is 7. The maximum Gasteiger partial charge on any atom is 0.407 e. The molecule has 42 heavy (non-hydrogen) atoms. The van der Waals surface area contributed by atoms with E-state index in [1.165, 1.54) is 22.3 Å². The topological polar surface area (TPSA) is 106 Å². The zero-order chi connectivity index (χ0) is 29.1. The third-order valence-corrected chi connectivity index (χ3v) is 7.21. The van der Waals surface area contributed by atoms with Gasteiger partial charge in [0.05, 0.1) is 78.8 Å². The van der Waals surface area contributed by atoms with Crippen molar-refractivity contribution in [2.45, 2.75) is 24.9 Å². The quantitative estimate of drug-likeness (QED) is 0.213. The third-order valence-electron chi connectivity index (χ3n) is 7.21. The number of amides is 1. The van der Waals surface area contributed by atoms with Crippen LogP contribution in [0.2, 0.25) is 0 Å². The molecule has 1 aliphatic heterocycles. The van der Waals surface area contributed by atoms with E-state index in [0.717, 1.165) is 25.9 Å². The Morgan fingerprint density at radius 1 is 0.667 bits per heavy atom. The highest BCUT2D eigenvalue weighted by Gasteiger charge is 2.28. The van der Waals surface area contributed by atoms with Gasteiger partial charge in [-0.15, -0.1) is 0 Å². The van der Waals surface area contributed by atoms with E-state index in [4.69, 9.17) is 33.2 Å². The van der Waals surface area contributed by atoms with Crippen LogP contribution in [0.5, 0.6) is 0 Å². The lowest BCUT2D eigenvalue weighted by Crippen LogP contribution is -2.33. The number of nitrogens with one attached hydrogen (secondary N) is 2. The Balaban J connectivity index is 0.883. The van der Waals surface area contributed by atoms with E-state index in [2.05, 4.69) is 34.9 Å². The van der Waals surface area contributed by atoms with Gasteiger partial charge >= 0.3 is 6.09 Å². The van der Waals surface area contributed by atoms with E-state index in [-0.39, 0.29) is 5.92 Å². The Labute approximate surface area is 249 Å². The summed E-state index contributed by atoms with van der Waals surface area (Å²) >= 11 is 0. The van der Waals surface area contributed by atoms with Gasteiger partial charge in [-0.1, -0.05) is 48.5 Å². The van der Waals surface area contributed by atoms with Crippen LogP contribution in [0.4, 0.5) is 4.79 Å². The molecule has 0 atom stereocenters. The molecule has 232 valence electrons. The molecule has 1 aliphatic carbocycles. The number of fused-ring (bicyclic) bond motifs is 3. The lowest BCUT2D eigenvalue weighted by Gasteiger charge is -2.22. The van der Waals surface area contributed by atoms with Gasteiger partial charge in [-0.25, -0.2) is 4.79 Å². The van der Waals surface area contributed by atoms with Crippen LogP contribution in [-0.2, 0) is 33.2 Å². The highest BCUT2D eigenvalue weighted by atomic mass is 16.6. The zero-order valence-electron chi connectivity index (χ0n) is 24.6. The molecule has 0 saturated carbocycles. The fraction of sp³-hybridized carbons (Fsp3) is 0.594. The predicted molar refractivity (Wildman–Crippen MR) is 159 cm³/mol. The van der Waals surface area contributed by atoms with Crippen LogP contribution in [0.3, 0.4) is 0 Å². The van der Waals surface area contributed by atoms with E-state index in [0.29, 0.717) is 91.9 Å². The molecule has 10 nitrogen and oxygen atoms in total. The van der Waals surface area contributed by atoms with Gasteiger partial charge in [0.1, 0.15) is 6.61 Å². The first-order valence-electron chi connectivity index (χ1n) is 15.1. The Bertz CT molecular complexity index is 988. The molecule has 0 spiro atoms. The second-order valence-corrected chi connectivity index (χ2v) is 10.1. The summed E-state index contributed by atoms with van der Waals surface area (Å²) in [5.74, 6) is 0.0484. The summed E-state index contributed by atoms with van der Waals surface area (Å²) in [6, 6.07) is 16.6. The van der Waals surface area contributed by atoms with Crippen molar-refractivity contribution >= 4 is 6.09 Å². The number of piperidine rings is 1. The molecular weight excluding hydrogens is 540 g/mol. The predicted octanol–water partition coefficient (Wildman–Crippen LogP) is 3.38. The number of alkyl carbamates (subject to hydrolysis) is 1. The zero-order valence-corrected chi connectivity index (χ0v) is 24.6. The van der Waals surface area contributed by atoms with Crippen molar-refractivity contribution in [1.29, 1.82) is 0 Å². The summed E-state index contributed by atoms with van der Waals surface area (Å²) < 4.78 is 38.9. The summed E-state index contributed by atoms with van der Waals surface area (Å²) in [5, 5.41) is 6.07. The van der Waals surface area contributed by atoms with Gasteiger partial charge < -0.3 is 43.8 Å². The molecular formula is C32H46N2O8. The van der Waals surface area contributed by atoms with Gasteiger partial charge in [-0.2, -0.15) is 0 Å². The Morgan fingerprint density at radius 3 is 1.69 bits per heavy atom. The number of carbonyl (C=O) groups excluding carboxylic acids is 1. The number of rotatable bonds is 21. The van der Waals surface area contributed by atoms with Crippen LogP contribution in [0.25, 0.3) is 11.1 Å². The van der Waals surface area contributed by atoms with Crippen LogP contribution in [0, 0.1) is 0 Å². The maximum absolute atomic E-state index is 12.2. The number of hydrogen-bond acceptors (Lipinski definition) is 9. The van der Waals surface area contributed by atoms with E-state index in [1.54, 1.807) is 0 Å². The fourth-order valence-corrected chi connectivity index (χ4v) is 5.09. The molecule has 0 bridgehead atoms. The van der Waals surface area contributed by atoms with E-state index in [9.17, 15) is 4.79 Å². The average Bonchev–Trinajstić information content (AvgIpc) is 3.35. The monoisotopic (exact) mass is 586 g/mol. The first kappa shape index (κ1) is 32.3. The summed E-state index contributed by atoms with van der Waals surface area (Å²) in [4.78, 5) is 12.2. The van der Waals surface area contributed by atoms with E-state index in [1.807, 2.05) is 24.3 Å². The van der Waals surface area contributed by atoms with Crippen molar-refractivity contribution < 1.29 is 38.0 Å². The molecule has 10 heteroatoms. The molecule has 2 aromatic carbocycles. The minimum atomic E-state index is -0.442. The van der Waals surface area contributed by atoms with Crippen LogP contribution >= 0.6 is 0 Å². The maximum atomic E-state index is 12.2. The normalized spacial score (nSPS) is 15.0. The van der Waals surface area contributed by atoms with Gasteiger partial charge in [-0.05, 0) is 48.2 Å². The summed E-state index contributed by atoms with van der Waals surface area (Å²) in [7, 11) is 0. The Kier molecular flexibility index (Phi) is 15.1. The van der Waals surface area contributed by atoms with Crippen molar-refractivity contribution in [2.75, 3.05) is 98.9 Å². The molecule has 1 heterocycles. The van der Waals surface area contributed by atoms with E-state index >= 15 is 0 Å². The molecule has 1 amide bonds. The number of hydrogen-bond donors (Lipinski definition) is 2. The lowest BCUT2D eigenvalue weighted by atomic mass is 9.98. The summed E-state index contributed by atoms with van der Waals surface area (Å²) in [6.07, 6.45) is 2.08. The second-order valence-electron chi connectivity index (χ2n) is 10.1. The first-order valence-corrected chi connectivity index (χ1v) is 15.1. The van der Waals surface area contributed by atoms with Gasteiger partial charge in [0.25, 0.3) is 0 Å². The number of carbonyl (C=O) groups is 1. The van der Waals surface area contributed by atoms with Gasteiger partial charge in [0.2, 0.25) is 0 Å². The van der Waals surface area contributed by atoms with Crippen LogP contribution in [0.15, 0.2) is 48.5 Å². The van der Waals surface area contributed by atoms with Crippen molar-refractivity contribution in [3.05, 3.63) is 59.7 Å². The van der Waals surface area contributed by atoms with Crippen LogP contribution in [-0.4, -0.2) is 111 Å². The highest BCUT2D eigenvalue weighted by molar-refractivity contribution is 5.79. The minimum Gasteiger partial charge on any atom is -0.449 e. The van der Waals surface area contributed by atoms with Gasteiger partial charge in [0, 0.05) is 12.5 Å². The molecule has 0 unspecified atom stereocenters. The molecule has 1 saturated heterocycles. The van der Waals surface area contributed by atoms with E-state index < -0.39 is 6.09 Å². The standard InChI is InChI=1S/C32H46N2O8/c35-32(42-25-31-29-7-3-1-5-27(29)28-6-2-4-8-30(28)31)34-13-14-36-15-16-37-17-18-38-19-20-39-21-22-40-23-24-41-26-9-11-33-12-10-26/h1-8,26,31,33H,9-25H2,(H,34,35). The number of benzene rings is 2. The summed E-state index contributed by atoms with van der Waals surface area (Å²) in [6.45, 7) is 8.39. The minimum absolute atomic E-state index is 0.0484. The Hall–Kier alpha value is -2.57. The van der Waals surface area contributed by atoms with Crippen molar-refractivity contribution in [3.63, 3.8) is 0 Å². The molecule has 2 aliphatic rings. The smallest absolute Gasteiger partial charge is 0.407 e. The molecule has 2 aromatic rings. The van der Waals surface area contributed by atoms with Crippen molar-refractivity contribution in [3.8, 4) is 11.1 Å². The Morgan fingerprint density at radius 2 is 1.14 bits per heavy atom. The van der Waals surface area contributed by atoms with Crippen LogP contribution in [0.1, 0.15) is 29.9 Å². The molecule has 1 fully saturated rings. The highest BCUT2D eigenvalue weighted by Crippen LogP contribution is 2.44. The molecule has 2 N–H and O–H groups in total. The van der Waals surface area contributed by atoms with Crippen LogP contribution < -0.4 is 10.6 Å². The third kappa shape index (κ3) is 11.3. The lowest BCUT2D eigenvalue weighted by molar-refractivity contribution is -0.0295. The van der Waals surface area contributed by atoms with Gasteiger partial charge in [-0.3, -0.25) is 0 Å². The van der Waals surface area contributed by atoms with Crippen molar-refractivity contribution in [1.82, 2.24) is 10.6 Å². The fourth-order valence-electron chi connectivity index (χ4n) is 5.09. The van der Waals surface area contributed by atoms with Gasteiger partial charge in [0.15, 0.2) is 0 Å².